The van der Waals surface area contributed by atoms with E-state index in [9.17, 15) is 9.59 Å². The van der Waals surface area contributed by atoms with Gasteiger partial charge in [0, 0.05) is 27.9 Å². The predicted molar refractivity (Wildman–Crippen MR) is 132 cm³/mol. The van der Waals surface area contributed by atoms with Crippen molar-refractivity contribution in [3.05, 3.63) is 69.7 Å². The number of benzene rings is 2. The van der Waals surface area contributed by atoms with E-state index in [2.05, 4.69) is 5.32 Å². The van der Waals surface area contributed by atoms with Crippen LogP contribution in [0.1, 0.15) is 45.2 Å². The Morgan fingerprint density at radius 2 is 1.48 bits per heavy atom. The molecule has 0 aliphatic carbocycles. The Labute approximate surface area is 199 Å². The molecule has 0 bridgehead atoms. The standard InChI is InChI=1S/C24H30Cl2N2O2S/c1-5-21(23(30)27-24(2,3)4)28(14-17-6-10-19(25)11-7-17)22(29)16-31-15-18-8-12-20(26)13-9-18/h6-13,21H,5,14-16H2,1-4H3,(H,27,30). The van der Waals surface area contributed by atoms with Gasteiger partial charge in [0.15, 0.2) is 0 Å². The fraction of sp³-hybridized carbons (Fsp3) is 0.417. The first-order valence-corrected chi connectivity index (χ1v) is 12.2. The van der Waals surface area contributed by atoms with E-state index in [1.807, 2.05) is 64.1 Å². The smallest absolute Gasteiger partial charge is 0.243 e. The van der Waals surface area contributed by atoms with Crippen LogP contribution in [0.15, 0.2) is 48.5 Å². The van der Waals surface area contributed by atoms with Gasteiger partial charge in [-0.3, -0.25) is 9.59 Å². The number of thioether (sulfide) groups is 1. The predicted octanol–water partition coefficient (Wildman–Crippen LogP) is 5.95. The average molecular weight is 481 g/mol. The summed E-state index contributed by atoms with van der Waals surface area (Å²) in [6, 6.07) is 14.4. The lowest BCUT2D eigenvalue weighted by Gasteiger charge is -2.33. The molecule has 1 unspecified atom stereocenters. The Morgan fingerprint density at radius 3 is 1.97 bits per heavy atom. The lowest BCUT2D eigenvalue weighted by atomic mass is 10.1. The summed E-state index contributed by atoms with van der Waals surface area (Å²) in [7, 11) is 0. The van der Waals surface area contributed by atoms with Gasteiger partial charge in [-0.15, -0.1) is 11.8 Å². The van der Waals surface area contributed by atoms with Crippen LogP contribution in [-0.4, -0.2) is 34.0 Å². The molecule has 1 atom stereocenters. The number of carbonyl (C=O) groups is 2. The molecule has 2 aromatic rings. The fourth-order valence-corrected chi connectivity index (χ4v) is 4.20. The molecule has 0 aliphatic rings. The zero-order valence-corrected chi connectivity index (χ0v) is 20.8. The van der Waals surface area contributed by atoms with Crippen molar-refractivity contribution in [3.63, 3.8) is 0 Å². The minimum absolute atomic E-state index is 0.0650. The van der Waals surface area contributed by atoms with Crippen molar-refractivity contribution in [1.82, 2.24) is 10.2 Å². The number of rotatable bonds is 9. The average Bonchev–Trinajstić information content (AvgIpc) is 2.69. The van der Waals surface area contributed by atoms with E-state index >= 15 is 0 Å². The van der Waals surface area contributed by atoms with Crippen molar-refractivity contribution < 1.29 is 9.59 Å². The second-order valence-electron chi connectivity index (χ2n) is 8.43. The number of carbonyl (C=O) groups excluding carboxylic acids is 2. The quantitative estimate of drug-likeness (QED) is 0.482. The number of amides is 2. The van der Waals surface area contributed by atoms with Crippen LogP contribution in [0.25, 0.3) is 0 Å². The van der Waals surface area contributed by atoms with Gasteiger partial charge >= 0.3 is 0 Å². The van der Waals surface area contributed by atoms with Crippen LogP contribution in [0.2, 0.25) is 10.0 Å². The minimum atomic E-state index is -0.543. The minimum Gasteiger partial charge on any atom is -0.350 e. The molecule has 0 heterocycles. The number of hydrogen-bond donors (Lipinski definition) is 1. The summed E-state index contributed by atoms with van der Waals surface area (Å²) in [4.78, 5) is 27.8. The number of hydrogen-bond acceptors (Lipinski definition) is 3. The van der Waals surface area contributed by atoms with Crippen molar-refractivity contribution in [2.75, 3.05) is 5.75 Å². The third-order valence-corrected chi connectivity index (χ3v) is 6.05. The molecule has 2 aromatic carbocycles. The summed E-state index contributed by atoms with van der Waals surface area (Å²) < 4.78 is 0. The summed E-state index contributed by atoms with van der Waals surface area (Å²) in [6.45, 7) is 8.09. The van der Waals surface area contributed by atoms with E-state index in [1.165, 1.54) is 11.8 Å². The van der Waals surface area contributed by atoms with Crippen LogP contribution in [0.4, 0.5) is 0 Å². The van der Waals surface area contributed by atoms with Gasteiger partial charge in [-0.2, -0.15) is 0 Å². The second-order valence-corrected chi connectivity index (χ2v) is 10.3. The molecule has 2 rings (SSSR count). The van der Waals surface area contributed by atoms with Crippen LogP contribution in [0, 0.1) is 0 Å². The number of nitrogens with one attached hydrogen (secondary N) is 1. The molecule has 7 heteroatoms. The maximum atomic E-state index is 13.2. The summed E-state index contributed by atoms with van der Waals surface area (Å²) in [5, 5.41) is 4.34. The maximum Gasteiger partial charge on any atom is 0.243 e. The second kappa shape index (κ2) is 11.8. The van der Waals surface area contributed by atoms with Gasteiger partial charge in [0.1, 0.15) is 6.04 Å². The van der Waals surface area contributed by atoms with Crippen molar-refractivity contribution in [2.24, 2.45) is 0 Å². The molecule has 0 aromatic heterocycles. The molecule has 0 aliphatic heterocycles. The molecule has 2 amide bonds. The van der Waals surface area contributed by atoms with Gasteiger partial charge in [0.05, 0.1) is 5.75 Å². The molecular formula is C24H30Cl2N2O2S. The molecule has 0 saturated heterocycles. The fourth-order valence-electron chi connectivity index (χ4n) is 3.08. The first-order valence-electron chi connectivity index (χ1n) is 10.3. The summed E-state index contributed by atoms with van der Waals surface area (Å²) >= 11 is 13.5. The van der Waals surface area contributed by atoms with Crippen LogP contribution in [-0.2, 0) is 21.9 Å². The van der Waals surface area contributed by atoms with Crippen molar-refractivity contribution in [2.45, 2.75) is 58.0 Å². The molecule has 4 nitrogen and oxygen atoms in total. The van der Waals surface area contributed by atoms with Gasteiger partial charge in [-0.1, -0.05) is 54.4 Å². The van der Waals surface area contributed by atoms with E-state index in [0.717, 1.165) is 11.1 Å². The third-order valence-electron chi connectivity index (χ3n) is 4.56. The summed E-state index contributed by atoms with van der Waals surface area (Å²) in [6.07, 6.45) is 0.531. The molecule has 0 radical (unpaired) electrons. The first kappa shape index (κ1) is 25.6. The van der Waals surface area contributed by atoms with Gasteiger partial charge in [-0.05, 0) is 62.6 Å². The van der Waals surface area contributed by atoms with Crippen LogP contribution in [0.5, 0.6) is 0 Å². The highest BCUT2D eigenvalue weighted by molar-refractivity contribution is 7.99. The number of nitrogens with zero attached hydrogens (tertiary/aromatic N) is 1. The molecular weight excluding hydrogens is 451 g/mol. The Morgan fingerprint density at radius 1 is 0.968 bits per heavy atom. The lowest BCUT2D eigenvalue weighted by molar-refractivity contribution is -0.140. The molecule has 0 spiro atoms. The molecule has 0 fully saturated rings. The van der Waals surface area contributed by atoms with Crippen molar-refractivity contribution >= 4 is 46.8 Å². The highest BCUT2D eigenvalue weighted by atomic mass is 35.5. The Balaban J connectivity index is 2.14. The normalized spacial score (nSPS) is 12.3. The molecule has 31 heavy (non-hydrogen) atoms. The third kappa shape index (κ3) is 8.76. The number of halogens is 2. The van der Waals surface area contributed by atoms with Gasteiger partial charge in [-0.25, -0.2) is 0 Å². The van der Waals surface area contributed by atoms with Crippen LogP contribution < -0.4 is 5.32 Å². The lowest BCUT2D eigenvalue weighted by Crippen LogP contribution is -2.53. The molecule has 168 valence electrons. The Hall–Kier alpha value is -1.69. The topological polar surface area (TPSA) is 49.4 Å². The van der Waals surface area contributed by atoms with E-state index in [1.54, 1.807) is 17.0 Å². The highest BCUT2D eigenvalue weighted by Gasteiger charge is 2.30. The zero-order valence-electron chi connectivity index (χ0n) is 18.5. The Kier molecular flexibility index (Phi) is 9.73. The molecule has 0 saturated carbocycles. The summed E-state index contributed by atoms with van der Waals surface area (Å²) in [5.41, 5.74) is 1.66. The first-order chi connectivity index (χ1) is 14.6. The Bertz CT molecular complexity index is 865. The largest absolute Gasteiger partial charge is 0.350 e. The molecule has 1 N–H and O–H groups in total. The SMILES string of the molecule is CCC(C(=O)NC(C)(C)C)N(Cc1ccc(Cl)cc1)C(=O)CSCc1ccc(Cl)cc1. The van der Waals surface area contributed by atoms with Gasteiger partial charge < -0.3 is 10.2 Å². The van der Waals surface area contributed by atoms with Crippen LogP contribution in [0.3, 0.4) is 0 Å². The van der Waals surface area contributed by atoms with Gasteiger partial charge in [0.25, 0.3) is 0 Å². The van der Waals surface area contributed by atoms with Crippen molar-refractivity contribution in [1.29, 1.82) is 0 Å². The zero-order chi connectivity index (χ0) is 23.0. The van der Waals surface area contributed by atoms with E-state index < -0.39 is 6.04 Å². The maximum absolute atomic E-state index is 13.2. The van der Waals surface area contributed by atoms with Gasteiger partial charge in [0.2, 0.25) is 11.8 Å². The van der Waals surface area contributed by atoms with E-state index in [0.29, 0.717) is 28.8 Å². The van der Waals surface area contributed by atoms with E-state index in [-0.39, 0.29) is 23.1 Å². The monoisotopic (exact) mass is 480 g/mol. The van der Waals surface area contributed by atoms with Crippen molar-refractivity contribution in [3.8, 4) is 0 Å². The summed E-state index contributed by atoms with van der Waals surface area (Å²) in [5.74, 6) is 0.780. The van der Waals surface area contributed by atoms with Crippen LogP contribution >= 0.6 is 35.0 Å². The highest BCUT2D eigenvalue weighted by Crippen LogP contribution is 2.20. The van der Waals surface area contributed by atoms with E-state index in [4.69, 9.17) is 23.2 Å².